The molecule has 0 atom stereocenters. The summed E-state index contributed by atoms with van der Waals surface area (Å²) in [4.78, 5) is 10.6. The van der Waals surface area contributed by atoms with E-state index in [4.69, 9.17) is 5.73 Å². The SMILES string of the molecule is NCCc1ncc(-c2c[nH]c3ccc(F)cc23)[nH]1. The molecule has 0 saturated heterocycles. The molecule has 0 aliphatic carbocycles. The highest BCUT2D eigenvalue weighted by atomic mass is 19.1. The van der Waals surface area contributed by atoms with E-state index >= 15 is 0 Å². The van der Waals surface area contributed by atoms with Gasteiger partial charge in [-0.15, -0.1) is 0 Å². The number of halogens is 1. The van der Waals surface area contributed by atoms with E-state index in [0.29, 0.717) is 13.0 Å². The van der Waals surface area contributed by atoms with E-state index in [1.807, 2.05) is 6.20 Å². The van der Waals surface area contributed by atoms with Crippen molar-refractivity contribution in [1.29, 1.82) is 0 Å². The van der Waals surface area contributed by atoms with E-state index in [1.165, 1.54) is 12.1 Å². The Kier molecular flexibility index (Phi) is 2.60. The molecule has 4 nitrogen and oxygen atoms in total. The third kappa shape index (κ3) is 1.78. The number of aromatic nitrogens is 3. The van der Waals surface area contributed by atoms with Crippen LogP contribution < -0.4 is 5.73 Å². The van der Waals surface area contributed by atoms with E-state index in [-0.39, 0.29) is 5.82 Å². The van der Waals surface area contributed by atoms with E-state index in [2.05, 4.69) is 15.0 Å². The summed E-state index contributed by atoms with van der Waals surface area (Å²) < 4.78 is 13.3. The minimum atomic E-state index is -0.245. The average Bonchev–Trinajstić information content (AvgIpc) is 2.95. The fourth-order valence-corrected chi connectivity index (χ4v) is 2.08. The Bertz CT molecular complexity index is 683. The number of hydrogen-bond acceptors (Lipinski definition) is 2. The number of aromatic amines is 2. The Balaban J connectivity index is 2.09. The number of benzene rings is 1. The van der Waals surface area contributed by atoms with Crippen molar-refractivity contribution in [2.24, 2.45) is 5.73 Å². The molecule has 0 aliphatic heterocycles. The highest BCUT2D eigenvalue weighted by Gasteiger charge is 2.09. The van der Waals surface area contributed by atoms with Crippen LogP contribution in [-0.4, -0.2) is 21.5 Å². The van der Waals surface area contributed by atoms with Gasteiger partial charge in [0.15, 0.2) is 0 Å². The Hall–Kier alpha value is -2.14. The van der Waals surface area contributed by atoms with Crippen LogP contribution in [0.25, 0.3) is 22.2 Å². The third-order valence-electron chi connectivity index (χ3n) is 2.94. The van der Waals surface area contributed by atoms with E-state index in [1.54, 1.807) is 12.3 Å². The first-order chi connectivity index (χ1) is 8.78. The summed E-state index contributed by atoms with van der Waals surface area (Å²) in [6.45, 7) is 0.551. The molecule has 1 aromatic carbocycles. The molecule has 5 heteroatoms. The van der Waals surface area contributed by atoms with Crippen molar-refractivity contribution in [3.8, 4) is 11.3 Å². The monoisotopic (exact) mass is 244 g/mol. The summed E-state index contributed by atoms with van der Waals surface area (Å²) >= 11 is 0. The van der Waals surface area contributed by atoms with Crippen LogP contribution in [0.3, 0.4) is 0 Å². The second kappa shape index (κ2) is 4.27. The number of nitrogens with zero attached hydrogens (tertiary/aromatic N) is 1. The average molecular weight is 244 g/mol. The lowest BCUT2D eigenvalue weighted by molar-refractivity contribution is 0.630. The van der Waals surface area contributed by atoms with Crippen LogP contribution in [-0.2, 0) is 6.42 Å². The molecule has 3 aromatic rings. The zero-order valence-corrected chi connectivity index (χ0v) is 9.70. The summed E-state index contributed by atoms with van der Waals surface area (Å²) in [5.41, 5.74) is 8.17. The minimum absolute atomic E-state index is 0.245. The molecule has 0 spiro atoms. The van der Waals surface area contributed by atoms with Crippen LogP contribution in [0.4, 0.5) is 4.39 Å². The quantitative estimate of drug-likeness (QED) is 0.661. The molecular formula is C13H13FN4. The first kappa shape index (κ1) is 11.0. The summed E-state index contributed by atoms with van der Waals surface area (Å²) in [7, 11) is 0. The van der Waals surface area contributed by atoms with Gasteiger partial charge in [-0.25, -0.2) is 9.37 Å². The molecule has 92 valence electrons. The van der Waals surface area contributed by atoms with Gasteiger partial charge >= 0.3 is 0 Å². The summed E-state index contributed by atoms with van der Waals surface area (Å²) in [6, 6.07) is 4.69. The van der Waals surface area contributed by atoms with Crippen molar-refractivity contribution >= 4 is 10.9 Å². The van der Waals surface area contributed by atoms with Crippen molar-refractivity contribution in [2.75, 3.05) is 6.54 Å². The number of H-pyrrole nitrogens is 2. The van der Waals surface area contributed by atoms with Gasteiger partial charge in [0.1, 0.15) is 11.6 Å². The lowest BCUT2D eigenvalue weighted by atomic mass is 10.1. The van der Waals surface area contributed by atoms with Gasteiger partial charge in [0.05, 0.1) is 11.9 Å². The van der Waals surface area contributed by atoms with Crippen molar-refractivity contribution in [3.05, 3.63) is 42.2 Å². The molecular weight excluding hydrogens is 231 g/mol. The van der Waals surface area contributed by atoms with Crippen LogP contribution in [0.5, 0.6) is 0 Å². The smallest absolute Gasteiger partial charge is 0.123 e. The van der Waals surface area contributed by atoms with Gasteiger partial charge in [0.2, 0.25) is 0 Å². The van der Waals surface area contributed by atoms with Gasteiger partial charge in [-0.2, -0.15) is 0 Å². The predicted molar refractivity (Wildman–Crippen MR) is 68.6 cm³/mol. The summed E-state index contributed by atoms with van der Waals surface area (Å²) in [5.74, 6) is 0.600. The fourth-order valence-electron chi connectivity index (χ4n) is 2.08. The number of hydrogen-bond donors (Lipinski definition) is 3. The van der Waals surface area contributed by atoms with Crippen LogP contribution in [0.2, 0.25) is 0 Å². The van der Waals surface area contributed by atoms with E-state index in [9.17, 15) is 4.39 Å². The topological polar surface area (TPSA) is 70.5 Å². The van der Waals surface area contributed by atoms with Gasteiger partial charge in [-0.1, -0.05) is 0 Å². The zero-order valence-electron chi connectivity index (χ0n) is 9.70. The molecule has 3 rings (SSSR count). The lowest BCUT2D eigenvalue weighted by Gasteiger charge is -1.96. The molecule has 0 aliphatic rings. The Morgan fingerprint density at radius 1 is 1.33 bits per heavy atom. The van der Waals surface area contributed by atoms with Gasteiger partial charge < -0.3 is 15.7 Å². The molecule has 2 aromatic heterocycles. The Morgan fingerprint density at radius 2 is 2.22 bits per heavy atom. The fraction of sp³-hybridized carbons (Fsp3) is 0.154. The number of nitrogens with two attached hydrogens (primary N) is 1. The molecule has 2 heterocycles. The number of fused-ring (bicyclic) bond motifs is 1. The Labute approximate surface area is 103 Å². The highest BCUT2D eigenvalue weighted by Crippen LogP contribution is 2.27. The zero-order chi connectivity index (χ0) is 12.5. The summed E-state index contributed by atoms with van der Waals surface area (Å²) in [5, 5.41) is 0.845. The number of imidazole rings is 1. The highest BCUT2D eigenvalue weighted by molar-refractivity contribution is 5.94. The molecule has 0 fully saturated rings. The van der Waals surface area contributed by atoms with Gasteiger partial charge in [0, 0.05) is 29.1 Å². The van der Waals surface area contributed by atoms with Crippen LogP contribution in [0.15, 0.2) is 30.6 Å². The molecule has 4 N–H and O–H groups in total. The number of rotatable bonds is 3. The van der Waals surface area contributed by atoms with Crippen molar-refractivity contribution < 1.29 is 4.39 Å². The molecule has 18 heavy (non-hydrogen) atoms. The molecule has 0 bridgehead atoms. The number of nitrogens with one attached hydrogen (secondary N) is 2. The van der Waals surface area contributed by atoms with Gasteiger partial charge in [0.25, 0.3) is 0 Å². The largest absolute Gasteiger partial charge is 0.360 e. The predicted octanol–water partition coefficient (Wildman–Crippen LogP) is 2.20. The normalized spacial score (nSPS) is 11.2. The van der Waals surface area contributed by atoms with Gasteiger partial charge in [-0.3, -0.25) is 0 Å². The maximum atomic E-state index is 13.3. The maximum absolute atomic E-state index is 13.3. The van der Waals surface area contributed by atoms with E-state index < -0.39 is 0 Å². The minimum Gasteiger partial charge on any atom is -0.360 e. The van der Waals surface area contributed by atoms with Crippen molar-refractivity contribution in [3.63, 3.8) is 0 Å². The van der Waals surface area contributed by atoms with Crippen LogP contribution >= 0.6 is 0 Å². The first-order valence-corrected chi connectivity index (χ1v) is 5.79. The summed E-state index contributed by atoms with van der Waals surface area (Å²) in [6.07, 6.45) is 4.30. The van der Waals surface area contributed by atoms with Crippen molar-refractivity contribution in [1.82, 2.24) is 15.0 Å². The third-order valence-corrected chi connectivity index (χ3v) is 2.94. The standard InChI is InChI=1S/C13H13FN4/c14-8-1-2-11-9(5-8)10(6-16-11)12-7-17-13(18-12)3-4-15/h1-2,5-7,16H,3-4,15H2,(H,17,18). The van der Waals surface area contributed by atoms with Crippen molar-refractivity contribution in [2.45, 2.75) is 6.42 Å². The van der Waals surface area contributed by atoms with Crippen LogP contribution in [0.1, 0.15) is 5.82 Å². The van der Waals surface area contributed by atoms with E-state index in [0.717, 1.165) is 28.0 Å². The molecule has 0 amide bonds. The first-order valence-electron chi connectivity index (χ1n) is 5.79. The second-order valence-electron chi connectivity index (χ2n) is 4.17. The maximum Gasteiger partial charge on any atom is 0.123 e. The van der Waals surface area contributed by atoms with Gasteiger partial charge in [-0.05, 0) is 24.7 Å². The lowest BCUT2D eigenvalue weighted by Crippen LogP contribution is -2.03. The molecule has 0 saturated carbocycles. The van der Waals surface area contributed by atoms with Crippen LogP contribution in [0, 0.1) is 5.82 Å². The Morgan fingerprint density at radius 3 is 3.06 bits per heavy atom. The second-order valence-corrected chi connectivity index (χ2v) is 4.17. The molecule has 0 unspecified atom stereocenters. The molecule has 0 radical (unpaired) electrons.